The third-order valence-corrected chi connectivity index (χ3v) is 3.32. The number of halogens is 2. The zero-order valence-corrected chi connectivity index (χ0v) is 10.2. The first-order chi connectivity index (χ1) is 8.16. The topological polar surface area (TPSA) is 34.0 Å². The molecule has 3 rings (SSSR count). The van der Waals surface area contributed by atoms with Crippen LogP contribution < -0.4 is 5.32 Å². The van der Waals surface area contributed by atoms with Crippen LogP contribution in [-0.4, -0.2) is 10.5 Å². The van der Waals surface area contributed by atoms with E-state index in [-0.39, 0.29) is 5.91 Å². The second-order valence-electron chi connectivity index (χ2n) is 3.87. The summed E-state index contributed by atoms with van der Waals surface area (Å²) in [6, 6.07) is 6.75. The highest BCUT2D eigenvalue weighted by Gasteiger charge is 2.33. The molecule has 1 aromatic heterocycles. The summed E-state index contributed by atoms with van der Waals surface area (Å²) in [6.07, 6.45) is 3.68. The van der Waals surface area contributed by atoms with Crippen molar-refractivity contribution in [1.29, 1.82) is 0 Å². The Morgan fingerprint density at radius 2 is 1.88 bits per heavy atom. The molecule has 0 fully saturated rings. The van der Waals surface area contributed by atoms with Crippen LogP contribution >= 0.6 is 23.2 Å². The predicted octanol–water partition coefficient (Wildman–Crippen LogP) is 3.34. The van der Waals surface area contributed by atoms with Crippen LogP contribution in [0, 0.1) is 0 Å². The molecule has 0 bridgehead atoms. The number of hydrogen-bond donors (Lipinski definition) is 1. The molecule has 5 heteroatoms. The molecule has 86 valence electrons. The second-order valence-corrected chi connectivity index (χ2v) is 4.72. The largest absolute Gasteiger partial charge is 0.338 e. The van der Waals surface area contributed by atoms with Crippen molar-refractivity contribution >= 4 is 34.8 Å². The molecule has 17 heavy (non-hydrogen) atoms. The average molecular weight is 267 g/mol. The van der Waals surface area contributed by atoms with Gasteiger partial charge < -0.3 is 9.88 Å². The number of fused-ring (bicyclic) bond motifs is 1. The fourth-order valence-electron chi connectivity index (χ4n) is 2.09. The minimum absolute atomic E-state index is 0.0969. The summed E-state index contributed by atoms with van der Waals surface area (Å²) in [5.41, 5.74) is 1.46. The van der Waals surface area contributed by atoms with Crippen LogP contribution in [0.1, 0.15) is 11.6 Å². The Kier molecular flexibility index (Phi) is 2.38. The van der Waals surface area contributed by atoms with Gasteiger partial charge in [0, 0.05) is 23.0 Å². The first-order valence-corrected chi connectivity index (χ1v) is 5.84. The summed E-state index contributed by atoms with van der Waals surface area (Å²) >= 11 is 12.0. The second kappa shape index (κ2) is 3.79. The van der Waals surface area contributed by atoms with Crippen LogP contribution in [0.25, 0.3) is 0 Å². The van der Waals surface area contributed by atoms with Gasteiger partial charge in [-0.1, -0.05) is 23.2 Å². The zero-order valence-electron chi connectivity index (χ0n) is 8.65. The van der Waals surface area contributed by atoms with Crippen molar-refractivity contribution in [2.24, 2.45) is 0 Å². The summed E-state index contributed by atoms with van der Waals surface area (Å²) in [5, 5.41) is 3.78. The summed E-state index contributed by atoms with van der Waals surface area (Å²) in [7, 11) is 0. The van der Waals surface area contributed by atoms with Crippen LogP contribution in [0.4, 0.5) is 5.69 Å². The van der Waals surface area contributed by atoms with Crippen molar-refractivity contribution < 1.29 is 4.79 Å². The molecule has 1 aliphatic rings. The number of aromatic nitrogens is 1. The molecule has 0 saturated heterocycles. The van der Waals surface area contributed by atoms with Gasteiger partial charge in [0.2, 0.25) is 0 Å². The Hall–Kier alpha value is -1.45. The van der Waals surface area contributed by atoms with Crippen LogP contribution in [0.2, 0.25) is 10.0 Å². The number of hydrogen-bond acceptors (Lipinski definition) is 1. The standard InChI is InChI=1S/C12H8Cl2N2O/c13-7-5-8-10(9(14)6-7)15-12(17)11(8)16-3-1-2-4-16/h1-6,11H,(H,15,17). The molecule has 1 aliphatic heterocycles. The lowest BCUT2D eigenvalue weighted by molar-refractivity contribution is -0.117. The average Bonchev–Trinajstić information content (AvgIpc) is 2.84. The van der Waals surface area contributed by atoms with Crippen LogP contribution in [0.15, 0.2) is 36.7 Å². The number of amides is 1. The lowest BCUT2D eigenvalue weighted by Crippen LogP contribution is -2.18. The van der Waals surface area contributed by atoms with Crippen molar-refractivity contribution in [2.45, 2.75) is 6.04 Å². The highest BCUT2D eigenvalue weighted by molar-refractivity contribution is 6.37. The Balaban J connectivity index is 2.19. The molecule has 0 aliphatic carbocycles. The van der Waals surface area contributed by atoms with Gasteiger partial charge in [0.15, 0.2) is 0 Å². The lowest BCUT2D eigenvalue weighted by Gasteiger charge is -2.11. The van der Waals surface area contributed by atoms with Gasteiger partial charge >= 0.3 is 0 Å². The third-order valence-electron chi connectivity index (χ3n) is 2.80. The molecular formula is C12H8Cl2N2O. The lowest BCUT2D eigenvalue weighted by atomic mass is 10.1. The van der Waals surface area contributed by atoms with E-state index in [1.54, 1.807) is 12.1 Å². The molecule has 2 aromatic rings. The van der Waals surface area contributed by atoms with Crippen LogP contribution in [0.3, 0.4) is 0 Å². The van der Waals surface area contributed by atoms with E-state index in [1.165, 1.54) is 0 Å². The molecule has 0 spiro atoms. The van der Waals surface area contributed by atoms with E-state index in [0.717, 1.165) is 5.56 Å². The van der Waals surface area contributed by atoms with E-state index >= 15 is 0 Å². The predicted molar refractivity (Wildman–Crippen MR) is 67.7 cm³/mol. The Morgan fingerprint density at radius 3 is 2.59 bits per heavy atom. The van der Waals surface area contributed by atoms with Crippen LogP contribution in [-0.2, 0) is 4.79 Å². The number of nitrogens with zero attached hydrogens (tertiary/aromatic N) is 1. The van der Waals surface area contributed by atoms with E-state index in [9.17, 15) is 4.79 Å². The van der Waals surface area contributed by atoms with E-state index in [1.807, 2.05) is 29.1 Å². The van der Waals surface area contributed by atoms with Gasteiger partial charge in [0.25, 0.3) is 5.91 Å². The zero-order chi connectivity index (χ0) is 12.0. The van der Waals surface area contributed by atoms with Crippen molar-refractivity contribution in [1.82, 2.24) is 4.57 Å². The van der Waals surface area contributed by atoms with Gasteiger partial charge in [-0.25, -0.2) is 0 Å². The molecule has 0 radical (unpaired) electrons. The highest BCUT2D eigenvalue weighted by Crippen LogP contribution is 2.40. The third kappa shape index (κ3) is 1.63. The molecule has 1 unspecified atom stereocenters. The fraction of sp³-hybridized carbons (Fsp3) is 0.0833. The molecule has 1 atom stereocenters. The quantitative estimate of drug-likeness (QED) is 0.844. The Labute approximate surface area is 108 Å². The van der Waals surface area contributed by atoms with E-state index in [4.69, 9.17) is 23.2 Å². The van der Waals surface area contributed by atoms with Gasteiger partial charge in [-0.15, -0.1) is 0 Å². The first-order valence-electron chi connectivity index (χ1n) is 5.09. The van der Waals surface area contributed by atoms with Crippen molar-refractivity contribution in [3.05, 3.63) is 52.3 Å². The molecular weight excluding hydrogens is 259 g/mol. The van der Waals surface area contributed by atoms with Gasteiger partial charge in [-0.2, -0.15) is 0 Å². The van der Waals surface area contributed by atoms with Crippen LogP contribution in [0.5, 0.6) is 0 Å². The molecule has 0 saturated carbocycles. The van der Waals surface area contributed by atoms with Crippen molar-refractivity contribution in [2.75, 3.05) is 5.32 Å². The molecule has 3 nitrogen and oxygen atoms in total. The van der Waals surface area contributed by atoms with Crippen molar-refractivity contribution in [3.8, 4) is 0 Å². The maximum atomic E-state index is 12.0. The van der Waals surface area contributed by atoms with E-state index < -0.39 is 6.04 Å². The Bertz CT molecular complexity index is 593. The maximum absolute atomic E-state index is 12.0. The minimum atomic E-state index is -0.392. The minimum Gasteiger partial charge on any atom is -0.338 e. The smallest absolute Gasteiger partial charge is 0.252 e. The maximum Gasteiger partial charge on any atom is 0.252 e. The normalized spacial score (nSPS) is 18.0. The number of rotatable bonds is 1. The monoisotopic (exact) mass is 266 g/mol. The Morgan fingerprint density at radius 1 is 1.18 bits per heavy atom. The molecule has 2 heterocycles. The van der Waals surface area contributed by atoms with Gasteiger partial charge in [0.05, 0.1) is 10.7 Å². The fourth-order valence-corrected chi connectivity index (χ4v) is 2.65. The number of anilines is 1. The summed E-state index contributed by atoms with van der Waals surface area (Å²) < 4.78 is 1.83. The summed E-state index contributed by atoms with van der Waals surface area (Å²) in [4.78, 5) is 12.0. The molecule has 1 aromatic carbocycles. The first kappa shape index (κ1) is 10.7. The SMILES string of the molecule is O=C1Nc2c(Cl)cc(Cl)cc2C1n1cccc1. The van der Waals surface area contributed by atoms with Gasteiger partial charge in [0.1, 0.15) is 6.04 Å². The molecule has 1 N–H and O–H groups in total. The molecule has 1 amide bonds. The summed E-state index contributed by atoms with van der Waals surface area (Å²) in [6.45, 7) is 0. The van der Waals surface area contributed by atoms with Gasteiger partial charge in [-0.3, -0.25) is 4.79 Å². The number of carbonyl (C=O) groups is 1. The van der Waals surface area contributed by atoms with Gasteiger partial charge in [-0.05, 0) is 24.3 Å². The highest BCUT2D eigenvalue weighted by atomic mass is 35.5. The number of benzene rings is 1. The number of carbonyl (C=O) groups excluding carboxylic acids is 1. The van der Waals surface area contributed by atoms with E-state index in [0.29, 0.717) is 15.7 Å². The number of nitrogens with one attached hydrogen (secondary N) is 1. The van der Waals surface area contributed by atoms with E-state index in [2.05, 4.69) is 5.32 Å². The summed E-state index contributed by atoms with van der Waals surface area (Å²) in [5.74, 6) is -0.0969. The van der Waals surface area contributed by atoms with Crippen molar-refractivity contribution in [3.63, 3.8) is 0 Å².